The number of carbonyl (C=O) groups is 2. The second-order valence-electron chi connectivity index (χ2n) is 22.0. The van der Waals surface area contributed by atoms with E-state index in [4.69, 9.17) is 37.9 Å². The van der Waals surface area contributed by atoms with Crippen molar-refractivity contribution in [3.63, 3.8) is 0 Å². The predicted molar refractivity (Wildman–Crippen MR) is 327 cm³/mol. The summed E-state index contributed by atoms with van der Waals surface area (Å²) in [6, 6.07) is 34.6. The van der Waals surface area contributed by atoms with Crippen molar-refractivity contribution in [3.05, 3.63) is 131 Å². The lowest BCUT2D eigenvalue weighted by molar-refractivity contribution is -0.148. The summed E-state index contributed by atoms with van der Waals surface area (Å²) in [6.07, 6.45) is 8.58. The van der Waals surface area contributed by atoms with E-state index in [1.807, 2.05) is 103 Å². The highest BCUT2D eigenvalue weighted by atomic mass is 16.6. The first-order valence-corrected chi connectivity index (χ1v) is 30.4. The molecular formula is C69H92O14. The highest BCUT2D eigenvalue weighted by molar-refractivity contribution is 5.93. The quantitative estimate of drug-likeness (QED) is 0.0210. The summed E-state index contributed by atoms with van der Waals surface area (Å²) in [4.78, 5) is 25.1. The molecule has 0 bridgehead atoms. The molecule has 452 valence electrons. The molecule has 6 rings (SSSR count). The molecule has 0 aliphatic heterocycles. The number of esters is 2. The average Bonchev–Trinajstić information content (AvgIpc) is 3.32. The summed E-state index contributed by atoms with van der Waals surface area (Å²) in [5.74, 6) is 3.23. The van der Waals surface area contributed by atoms with E-state index in [0.29, 0.717) is 63.9 Å². The van der Waals surface area contributed by atoms with Gasteiger partial charge in [0.05, 0.1) is 0 Å². The molecule has 6 unspecified atom stereocenters. The number of fused-ring (bicyclic) bond motifs is 2. The smallest absolute Gasteiger partial charge is 0.305 e. The van der Waals surface area contributed by atoms with Crippen molar-refractivity contribution in [2.45, 2.75) is 174 Å². The highest BCUT2D eigenvalue weighted by Crippen LogP contribution is 2.39. The van der Waals surface area contributed by atoms with Crippen molar-refractivity contribution in [2.24, 2.45) is 0 Å². The fourth-order valence-corrected chi connectivity index (χ4v) is 9.53. The zero-order valence-corrected chi connectivity index (χ0v) is 50.0. The van der Waals surface area contributed by atoms with Gasteiger partial charge in [0, 0.05) is 30.4 Å². The van der Waals surface area contributed by atoms with Crippen LogP contribution in [-0.2, 0) is 25.5 Å². The largest absolute Gasteiger partial charge is 0.491 e. The summed E-state index contributed by atoms with van der Waals surface area (Å²) >= 11 is 0. The van der Waals surface area contributed by atoms with Crippen LogP contribution >= 0.6 is 0 Å². The molecule has 14 nitrogen and oxygen atoms in total. The second kappa shape index (κ2) is 35.5. The topological polar surface area (TPSA) is 189 Å². The summed E-state index contributed by atoms with van der Waals surface area (Å²) in [6.45, 7) is 12.0. The number of unbranched alkanes of at least 4 members (excludes halogenated alkanes) is 8. The molecule has 0 saturated heterocycles. The molecule has 6 aromatic rings. The van der Waals surface area contributed by atoms with Gasteiger partial charge in [0.15, 0.2) is 0 Å². The number of benzene rings is 6. The number of carbonyl (C=O) groups excluding carboxylic acids is 2. The molecule has 0 radical (unpaired) electrons. The van der Waals surface area contributed by atoms with Gasteiger partial charge in [0.25, 0.3) is 0 Å². The third-order valence-corrected chi connectivity index (χ3v) is 15.1. The van der Waals surface area contributed by atoms with E-state index in [9.17, 15) is 30.0 Å². The van der Waals surface area contributed by atoms with Gasteiger partial charge in [-0.15, -0.1) is 0 Å². The Morgan fingerprint density at radius 3 is 1.08 bits per heavy atom. The van der Waals surface area contributed by atoms with Crippen molar-refractivity contribution in [3.8, 4) is 34.5 Å². The first-order valence-electron chi connectivity index (χ1n) is 30.4. The Balaban J connectivity index is 1.28. The predicted octanol–water partition coefficient (Wildman–Crippen LogP) is 13.5. The minimum atomic E-state index is -1.14. The molecule has 0 spiro atoms. The third kappa shape index (κ3) is 22.2. The number of rotatable bonds is 40. The lowest BCUT2D eigenvalue weighted by Crippen LogP contribution is -2.25. The molecule has 0 aromatic heterocycles. The summed E-state index contributed by atoms with van der Waals surface area (Å²) in [7, 11) is 0. The molecule has 83 heavy (non-hydrogen) atoms. The monoisotopic (exact) mass is 1140 g/mol. The van der Waals surface area contributed by atoms with Gasteiger partial charge in [-0.05, 0) is 131 Å². The average molecular weight is 1150 g/mol. The highest BCUT2D eigenvalue weighted by Gasteiger charge is 2.21. The van der Waals surface area contributed by atoms with Crippen LogP contribution in [0.15, 0.2) is 109 Å². The maximum absolute atomic E-state index is 12.6. The molecule has 0 fully saturated rings. The zero-order chi connectivity index (χ0) is 59.3. The van der Waals surface area contributed by atoms with Gasteiger partial charge in [0.2, 0.25) is 0 Å². The summed E-state index contributed by atoms with van der Waals surface area (Å²) in [5, 5.41) is 47.6. The zero-order valence-electron chi connectivity index (χ0n) is 50.0. The molecule has 0 heterocycles. The number of aliphatic hydroxyl groups is 4. The minimum absolute atomic E-state index is 0.0179. The number of ether oxygens (including phenoxy) is 8. The molecule has 4 N–H and O–H groups in total. The van der Waals surface area contributed by atoms with Gasteiger partial charge in [-0.1, -0.05) is 141 Å². The van der Waals surface area contributed by atoms with Crippen LogP contribution in [0.4, 0.5) is 0 Å². The molecular weight excluding hydrogens is 1050 g/mol. The standard InChI is InChI=1S/C69H92O14/c1-7-11-13-15-17-19-68(74)82-46-56(72)43-79-61-34-26-53-28-36-67(81-45-57(73)47-83-69(75)20-18-16-14-12-8-2)65(63(53)38-61)39-64-62-37-60(78-42-54(70)40-76-58-29-21-50(22-30-58)48(5)9-3)33-25-52(62)27-35-66(64)80-44-55(71)41-77-59-31-23-51(24-32-59)49(6)10-4/h21-38,48-49,54-57,70-73H,7-20,39-47H2,1-6H3. The van der Waals surface area contributed by atoms with Crippen LogP contribution in [0.2, 0.25) is 0 Å². The first kappa shape index (κ1) is 65.6. The Morgan fingerprint density at radius 1 is 0.386 bits per heavy atom. The molecule has 0 amide bonds. The van der Waals surface area contributed by atoms with E-state index in [0.717, 1.165) is 98.6 Å². The fourth-order valence-electron chi connectivity index (χ4n) is 9.53. The van der Waals surface area contributed by atoms with E-state index < -0.39 is 24.4 Å². The molecule has 0 aliphatic carbocycles. The number of hydrogen-bond donors (Lipinski definition) is 4. The fraction of sp³-hybridized carbons (Fsp3) is 0.507. The molecule has 6 atom stereocenters. The number of aliphatic hydroxyl groups excluding tert-OH is 4. The normalized spacial score (nSPS) is 13.6. The van der Waals surface area contributed by atoms with Crippen molar-refractivity contribution in [1.82, 2.24) is 0 Å². The molecule has 6 aromatic carbocycles. The van der Waals surface area contributed by atoms with E-state index in [1.165, 1.54) is 11.1 Å². The van der Waals surface area contributed by atoms with Crippen molar-refractivity contribution in [1.29, 1.82) is 0 Å². The Morgan fingerprint density at radius 2 is 0.711 bits per heavy atom. The summed E-state index contributed by atoms with van der Waals surface area (Å²) < 4.78 is 48.2. The Labute approximate surface area is 492 Å². The van der Waals surface area contributed by atoms with E-state index in [-0.39, 0.29) is 77.6 Å². The van der Waals surface area contributed by atoms with Gasteiger partial charge in [-0.3, -0.25) is 9.59 Å². The van der Waals surface area contributed by atoms with Crippen LogP contribution in [-0.4, -0.2) is 110 Å². The maximum Gasteiger partial charge on any atom is 0.305 e. The van der Waals surface area contributed by atoms with Crippen molar-refractivity contribution >= 4 is 33.5 Å². The summed E-state index contributed by atoms with van der Waals surface area (Å²) in [5.41, 5.74) is 3.84. The number of hydrogen-bond acceptors (Lipinski definition) is 14. The first-order chi connectivity index (χ1) is 40.3. The maximum atomic E-state index is 12.6. The van der Waals surface area contributed by atoms with E-state index >= 15 is 0 Å². The van der Waals surface area contributed by atoms with Gasteiger partial charge >= 0.3 is 11.9 Å². The van der Waals surface area contributed by atoms with Crippen LogP contribution in [0.5, 0.6) is 34.5 Å². The molecule has 0 saturated carbocycles. The Hall–Kier alpha value is -6.58. The Kier molecular flexibility index (Phi) is 28.1. The third-order valence-electron chi connectivity index (χ3n) is 15.1. The Bertz CT molecular complexity index is 2840. The second-order valence-corrected chi connectivity index (χ2v) is 22.0. The minimum Gasteiger partial charge on any atom is -0.491 e. The lowest BCUT2D eigenvalue weighted by atomic mass is 9.93. The van der Waals surface area contributed by atoms with Gasteiger partial charge in [-0.2, -0.15) is 0 Å². The van der Waals surface area contributed by atoms with Crippen LogP contribution in [0.25, 0.3) is 21.5 Å². The van der Waals surface area contributed by atoms with Crippen molar-refractivity contribution in [2.75, 3.05) is 52.9 Å². The molecule has 14 heteroatoms. The molecule has 0 aliphatic rings. The van der Waals surface area contributed by atoms with Crippen LogP contribution in [0, 0.1) is 0 Å². The van der Waals surface area contributed by atoms with Crippen LogP contribution in [0.1, 0.15) is 166 Å². The van der Waals surface area contributed by atoms with Crippen LogP contribution in [0.3, 0.4) is 0 Å². The van der Waals surface area contributed by atoms with Gasteiger partial charge < -0.3 is 58.3 Å². The van der Waals surface area contributed by atoms with Gasteiger partial charge in [0.1, 0.15) is 112 Å². The SMILES string of the molecule is CCCCCCCC(=O)OCC(O)COc1ccc2ccc(OCC(O)COC(=O)CCCCCCC)c(Cc3c(OCC(O)COc4ccc(C(C)CC)cc4)ccc4ccc(OCC(O)COc5ccc(C(C)CC)cc5)cc34)c2c1. The van der Waals surface area contributed by atoms with E-state index in [1.54, 1.807) is 6.07 Å². The van der Waals surface area contributed by atoms with E-state index in [2.05, 4.69) is 41.5 Å². The van der Waals surface area contributed by atoms with Gasteiger partial charge in [-0.25, -0.2) is 0 Å². The lowest BCUT2D eigenvalue weighted by Gasteiger charge is -2.21. The van der Waals surface area contributed by atoms with Crippen molar-refractivity contribution < 1.29 is 67.9 Å². The van der Waals surface area contributed by atoms with Crippen LogP contribution < -0.4 is 28.4 Å².